The first-order chi connectivity index (χ1) is 9.84. The predicted octanol–water partition coefficient (Wildman–Crippen LogP) is 1.63. The number of rotatable bonds is 5. The maximum Gasteiger partial charge on any atom is 0.165 e. The van der Waals surface area contributed by atoms with E-state index in [-0.39, 0.29) is 0 Å². The Labute approximate surface area is 116 Å². The molecule has 0 bridgehead atoms. The first kappa shape index (κ1) is 12.6. The van der Waals surface area contributed by atoms with Gasteiger partial charge in [0.25, 0.3) is 0 Å². The van der Waals surface area contributed by atoms with E-state index in [1.54, 1.807) is 6.33 Å². The molecule has 3 aromatic rings. The van der Waals surface area contributed by atoms with Crippen LogP contribution >= 0.6 is 0 Å². The molecule has 0 saturated carbocycles. The zero-order chi connectivity index (χ0) is 13.8. The minimum atomic E-state index is 0.402. The number of hydrogen-bond donors (Lipinski definition) is 1. The first-order valence-electron chi connectivity index (χ1n) is 6.37. The van der Waals surface area contributed by atoms with Crippen LogP contribution in [-0.2, 0) is 17.9 Å². The Bertz CT molecular complexity index is 695. The quantitative estimate of drug-likeness (QED) is 0.712. The van der Waals surface area contributed by atoms with Gasteiger partial charge < -0.3 is 15.0 Å². The molecule has 6 nitrogen and oxygen atoms in total. The lowest BCUT2D eigenvalue weighted by Crippen LogP contribution is -2.06. The summed E-state index contributed by atoms with van der Waals surface area (Å²) < 4.78 is 7.56. The van der Waals surface area contributed by atoms with E-state index >= 15 is 0 Å². The monoisotopic (exact) mass is 269 g/mol. The maximum absolute atomic E-state index is 5.74. The molecule has 1 aromatic carbocycles. The molecule has 0 atom stereocenters. The Morgan fingerprint density at radius 3 is 2.80 bits per heavy atom. The minimum Gasteiger partial charge on any atom is -0.382 e. The highest BCUT2D eigenvalue weighted by Gasteiger charge is 2.07. The van der Waals surface area contributed by atoms with E-state index in [0.717, 1.165) is 11.2 Å². The Kier molecular flexibility index (Phi) is 3.56. The number of imidazole rings is 1. The van der Waals surface area contributed by atoms with Crippen LogP contribution < -0.4 is 5.73 Å². The van der Waals surface area contributed by atoms with Crippen molar-refractivity contribution in [3.05, 3.63) is 48.5 Å². The van der Waals surface area contributed by atoms with E-state index in [0.29, 0.717) is 31.1 Å². The van der Waals surface area contributed by atoms with Gasteiger partial charge in [-0.2, -0.15) is 0 Å². The van der Waals surface area contributed by atoms with Gasteiger partial charge in [-0.3, -0.25) is 0 Å². The molecular formula is C14H15N5O. The number of anilines is 1. The van der Waals surface area contributed by atoms with Crippen LogP contribution in [0.1, 0.15) is 5.56 Å². The van der Waals surface area contributed by atoms with Crippen molar-refractivity contribution in [2.45, 2.75) is 13.2 Å². The third kappa shape index (κ3) is 2.60. The lowest BCUT2D eigenvalue weighted by atomic mass is 10.2. The summed E-state index contributed by atoms with van der Waals surface area (Å²) in [6.07, 6.45) is 3.16. The van der Waals surface area contributed by atoms with Crippen molar-refractivity contribution >= 4 is 17.0 Å². The summed E-state index contributed by atoms with van der Waals surface area (Å²) in [5.41, 5.74) is 8.28. The van der Waals surface area contributed by atoms with E-state index in [1.807, 2.05) is 34.9 Å². The SMILES string of the molecule is Nc1ncnc2c1ncn2CCOCc1ccccc1. The molecule has 0 aliphatic heterocycles. The topological polar surface area (TPSA) is 78.9 Å². The van der Waals surface area contributed by atoms with Crippen LogP contribution in [0.15, 0.2) is 43.0 Å². The molecule has 0 fully saturated rings. The second-order valence-electron chi connectivity index (χ2n) is 4.41. The van der Waals surface area contributed by atoms with Gasteiger partial charge in [-0.15, -0.1) is 0 Å². The highest BCUT2D eigenvalue weighted by Crippen LogP contribution is 2.13. The van der Waals surface area contributed by atoms with Crippen LogP contribution in [0.25, 0.3) is 11.2 Å². The van der Waals surface area contributed by atoms with Crippen LogP contribution in [0.4, 0.5) is 5.82 Å². The van der Waals surface area contributed by atoms with E-state index in [9.17, 15) is 0 Å². The van der Waals surface area contributed by atoms with Crippen molar-refractivity contribution in [1.29, 1.82) is 0 Å². The zero-order valence-electron chi connectivity index (χ0n) is 10.9. The summed E-state index contributed by atoms with van der Waals surface area (Å²) in [6.45, 7) is 1.87. The van der Waals surface area contributed by atoms with Gasteiger partial charge >= 0.3 is 0 Å². The molecule has 2 heterocycles. The number of nitrogens with zero attached hydrogens (tertiary/aromatic N) is 4. The normalized spacial score (nSPS) is 11.0. The summed E-state index contributed by atoms with van der Waals surface area (Å²) in [5, 5.41) is 0. The van der Waals surface area contributed by atoms with Crippen LogP contribution in [0, 0.1) is 0 Å². The smallest absolute Gasteiger partial charge is 0.165 e. The van der Waals surface area contributed by atoms with Gasteiger partial charge in [0.1, 0.15) is 11.8 Å². The van der Waals surface area contributed by atoms with Gasteiger partial charge in [0.2, 0.25) is 0 Å². The van der Waals surface area contributed by atoms with Crippen molar-refractivity contribution in [1.82, 2.24) is 19.5 Å². The summed E-state index contributed by atoms with van der Waals surface area (Å²) >= 11 is 0. The summed E-state index contributed by atoms with van der Waals surface area (Å²) in [4.78, 5) is 12.3. The number of ether oxygens (including phenoxy) is 1. The lowest BCUT2D eigenvalue weighted by molar-refractivity contribution is 0.114. The van der Waals surface area contributed by atoms with Crippen molar-refractivity contribution in [2.75, 3.05) is 12.3 Å². The van der Waals surface area contributed by atoms with Crippen LogP contribution in [0.5, 0.6) is 0 Å². The van der Waals surface area contributed by atoms with E-state index in [2.05, 4.69) is 15.0 Å². The van der Waals surface area contributed by atoms with Crippen LogP contribution in [0.2, 0.25) is 0 Å². The Hall–Kier alpha value is -2.47. The standard InChI is InChI=1S/C14H15N5O/c15-13-12-14(17-9-16-13)19(10-18-12)6-7-20-8-11-4-2-1-3-5-11/h1-5,9-10H,6-8H2,(H2,15,16,17). The largest absolute Gasteiger partial charge is 0.382 e. The molecule has 102 valence electrons. The second kappa shape index (κ2) is 5.66. The number of aromatic nitrogens is 4. The van der Waals surface area contributed by atoms with Gasteiger partial charge in [-0.05, 0) is 5.56 Å². The molecule has 2 N–H and O–H groups in total. The van der Waals surface area contributed by atoms with E-state index in [1.165, 1.54) is 6.33 Å². The molecule has 0 saturated heterocycles. The maximum atomic E-state index is 5.74. The molecule has 0 spiro atoms. The minimum absolute atomic E-state index is 0.402. The van der Waals surface area contributed by atoms with Crippen molar-refractivity contribution < 1.29 is 4.74 Å². The number of benzene rings is 1. The Balaban J connectivity index is 1.59. The third-order valence-electron chi connectivity index (χ3n) is 3.02. The van der Waals surface area contributed by atoms with Gasteiger partial charge in [0, 0.05) is 6.54 Å². The first-order valence-corrected chi connectivity index (χ1v) is 6.37. The molecule has 0 amide bonds. The fraction of sp³-hybridized carbons (Fsp3) is 0.214. The Morgan fingerprint density at radius 2 is 1.95 bits per heavy atom. The van der Waals surface area contributed by atoms with Gasteiger partial charge in [0.15, 0.2) is 11.5 Å². The summed E-state index contributed by atoms with van der Waals surface area (Å²) in [7, 11) is 0. The summed E-state index contributed by atoms with van der Waals surface area (Å²) in [5.74, 6) is 0.402. The number of nitrogens with two attached hydrogens (primary N) is 1. The number of nitrogen functional groups attached to an aromatic ring is 1. The molecular weight excluding hydrogens is 254 g/mol. The third-order valence-corrected chi connectivity index (χ3v) is 3.02. The fourth-order valence-electron chi connectivity index (χ4n) is 1.99. The van der Waals surface area contributed by atoms with Crippen molar-refractivity contribution in [2.24, 2.45) is 0 Å². The van der Waals surface area contributed by atoms with Gasteiger partial charge in [-0.1, -0.05) is 30.3 Å². The highest BCUT2D eigenvalue weighted by molar-refractivity contribution is 5.80. The molecule has 0 aliphatic carbocycles. The average Bonchev–Trinajstić information content (AvgIpc) is 2.90. The molecule has 0 unspecified atom stereocenters. The highest BCUT2D eigenvalue weighted by atomic mass is 16.5. The lowest BCUT2D eigenvalue weighted by Gasteiger charge is -2.05. The molecule has 20 heavy (non-hydrogen) atoms. The Morgan fingerprint density at radius 1 is 1.10 bits per heavy atom. The van der Waals surface area contributed by atoms with Gasteiger partial charge in [-0.25, -0.2) is 15.0 Å². The summed E-state index contributed by atoms with van der Waals surface area (Å²) in [6, 6.07) is 10.1. The predicted molar refractivity (Wildman–Crippen MR) is 75.8 cm³/mol. The van der Waals surface area contributed by atoms with Gasteiger partial charge in [0.05, 0.1) is 19.5 Å². The number of hydrogen-bond acceptors (Lipinski definition) is 5. The molecule has 2 aromatic heterocycles. The van der Waals surface area contributed by atoms with Crippen molar-refractivity contribution in [3.63, 3.8) is 0 Å². The molecule has 0 aliphatic rings. The zero-order valence-corrected chi connectivity index (χ0v) is 10.9. The molecule has 0 radical (unpaired) electrons. The van der Waals surface area contributed by atoms with E-state index in [4.69, 9.17) is 10.5 Å². The second-order valence-corrected chi connectivity index (χ2v) is 4.41. The molecule has 3 rings (SSSR count). The van der Waals surface area contributed by atoms with Crippen molar-refractivity contribution in [3.8, 4) is 0 Å². The number of fused-ring (bicyclic) bond motifs is 1. The van der Waals surface area contributed by atoms with E-state index < -0.39 is 0 Å². The van der Waals surface area contributed by atoms with Crippen LogP contribution in [-0.4, -0.2) is 26.1 Å². The average molecular weight is 269 g/mol. The van der Waals surface area contributed by atoms with Crippen LogP contribution in [0.3, 0.4) is 0 Å². The fourth-order valence-corrected chi connectivity index (χ4v) is 1.99. The molecule has 6 heteroatoms.